The van der Waals surface area contributed by atoms with Crippen LogP contribution >= 0.6 is 0 Å². The highest BCUT2D eigenvalue weighted by molar-refractivity contribution is 5.93. The maximum atomic E-state index is 12.7. The van der Waals surface area contributed by atoms with Crippen LogP contribution in [0.1, 0.15) is 21.9 Å². The first kappa shape index (κ1) is 15.8. The molecule has 0 radical (unpaired) electrons. The van der Waals surface area contributed by atoms with Crippen LogP contribution in [0.25, 0.3) is 5.52 Å². The van der Waals surface area contributed by atoms with E-state index in [1.165, 1.54) is 6.39 Å². The summed E-state index contributed by atoms with van der Waals surface area (Å²) in [4.78, 5) is 23.1. The molecule has 0 N–H and O–H groups in total. The first-order valence-corrected chi connectivity index (χ1v) is 8.40. The molecule has 7 heteroatoms. The number of rotatable bonds is 3. The zero-order valence-corrected chi connectivity index (χ0v) is 14.1. The van der Waals surface area contributed by atoms with Gasteiger partial charge in [-0.1, -0.05) is 0 Å². The fraction of sp³-hybridized carbons (Fsp3) is 0.389. The zero-order valence-electron chi connectivity index (χ0n) is 14.1. The second-order valence-electron chi connectivity index (χ2n) is 6.33. The second kappa shape index (κ2) is 6.68. The molecular formula is C18H20N4O3. The number of nitrogens with zero attached hydrogens (tertiary/aromatic N) is 4. The highest BCUT2D eigenvalue weighted by Crippen LogP contribution is 2.18. The van der Waals surface area contributed by atoms with Crippen molar-refractivity contribution in [1.29, 1.82) is 0 Å². The molecule has 3 aromatic heterocycles. The van der Waals surface area contributed by atoms with Crippen LogP contribution in [0.2, 0.25) is 0 Å². The Balaban J connectivity index is 1.53. The summed E-state index contributed by atoms with van der Waals surface area (Å²) in [6.45, 7) is 4.08. The summed E-state index contributed by atoms with van der Waals surface area (Å²) in [6, 6.07) is 4.06. The van der Waals surface area contributed by atoms with Gasteiger partial charge in [0.2, 0.25) is 0 Å². The van der Waals surface area contributed by atoms with Crippen molar-refractivity contribution in [3.05, 3.63) is 54.3 Å². The van der Waals surface area contributed by atoms with Crippen LogP contribution < -0.4 is 0 Å². The minimum atomic E-state index is -0.101. The molecule has 4 heterocycles. The van der Waals surface area contributed by atoms with E-state index in [0.29, 0.717) is 37.8 Å². The van der Waals surface area contributed by atoms with Gasteiger partial charge in [0.1, 0.15) is 5.76 Å². The lowest BCUT2D eigenvalue weighted by Crippen LogP contribution is -2.37. The summed E-state index contributed by atoms with van der Waals surface area (Å²) >= 11 is 0. The van der Waals surface area contributed by atoms with Crippen molar-refractivity contribution >= 4 is 11.4 Å². The van der Waals surface area contributed by atoms with Gasteiger partial charge in [-0.15, -0.1) is 0 Å². The number of carbonyl (C=O) groups excluding carboxylic acids is 1. The van der Waals surface area contributed by atoms with E-state index in [4.69, 9.17) is 9.15 Å². The molecule has 4 rings (SSSR count). The van der Waals surface area contributed by atoms with Crippen molar-refractivity contribution in [2.75, 3.05) is 26.3 Å². The molecule has 0 aliphatic carbocycles. The number of carbonyl (C=O) groups is 1. The van der Waals surface area contributed by atoms with E-state index in [9.17, 15) is 4.79 Å². The molecule has 1 aliphatic rings. The fourth-order valence-corrected chi connectivity index (χ4v) is 3.31. The lowest BCUT2D eigenvalue weighted by atomic mass is 10.0. The van der Waals surface area contributed by atoms with Crippen LogP contribution in [0.4, 0.5) is 0 Å². The predicted octanol–water partition coefficient (Wildman–Crippen LogP) is 1.96. The zero-order chi connectivity index (χ0) is 17.2. The van der Waals surface area contributed by atoms with Crippen LogP contribution in [-0.2, 0) is 11.2 Å². The van der Waals surface area contributed by atoms with E-state index in [2.05, 4.69) is 20.4 Å². The van der Waals surface area contributed by atoms with Gasteiger partial charge in [-0.2, -0.15) is 0 Å². The Morgan fingerprint density at radius 1 is 1.36 bits per heavy atom. The Morgan fingerprint density at radius 2 is 2.28 bits per heavy atom. The maximum absolute atomic E-state index is 12.7. The van der Waals surface area contributed by atoms with Crippen molar-refractivity contribution < 1.29 is 13.9 Å². The van der Waals surface area contributed by atoms with E-state index < -0.39 is 0 Å². The number of amides is 1. The normalized spacial score (nSPS) is 18.4. The van der Waals surface area contributed by atoms with Gasteiger partial charge in [-0.3, -0.25) is 9.78 Å². The highest BCUT2D eigenvalue weighted by atomic mass is 16.5. The average Bonchev–Trinajstić information content (AvgIpc) is 3.19. The fourth-order valence-electron chi connectivity index (χ4n) is 3.31. The molecule has 0 bridgehead atoms. The van der Waals surface area contributed by atoms with E-state index >= 15 is 0 Å². The van der Waals surface area contributed by atoms with E-state index in [1.54, 1.807) is 11.8 Å². The SMILES string of the molecule is Cc1ocnc1C(=O)N1CCOCC(Cc2nccn3cccc23)C1. The summed E-state index contributed by atoms with van der Waals surface area (Å²) in [7, 11) is 0. The number of ether oxygens (including phenoxy) is 1. The smallest absolute Gasteiger partial charge is 0.276 e. The number of hydrogen-bond acceptors (Lipinski definition) is 5. The molecule has 1 unspecified atom stereocenters. The molecule has 3 aromatic rings. The Kier molecular flexibility index (Phi) is 4.23. The van der Waals surface area contributed by atoms with E-state index in [-0.39, 0.29) is 11.8 Å². The minimum Gasteiger partial charge on any atom is -0.448 e. The molecular weight excluding hydrogens is 320 g/mol. The van der Waals surface area contributed by atoms with Crippen LogP contribution in [-0.4, -0.2) is 51.5 Å². The third-order valence-corrected chi connectivity index (χ3v) is 4.59. The lowest BCUT2D eigenvalue weighted by Gasteiger charge is -2.23. The van der Waals surface area contributed by atoms with Gasteiger partial charge in [-0.25, -0.2) is 4.98 Å². The Morgan fingerprint density at radius 3 is 3.12 bits per heavy atom. The van der Waals surface area contributed by atoms with Crippen molar-refractivity contribution in [3.63, 3.8) is 0 Å². The number of fused-ring (bicyclic) bond motifs is 1. The van der Waals surface area contributed by atoms with Crippen LogP contribution in [0.5, 0.6) is 0 Å². The first-order chi connectivity index (χ1) is 12.2. The molecule has 130 valence electrons. The third kappa shape index (κ3) is 3.15. The molecule has 1 atom stereocenters. The first-order valence-electron chi connectivity index (χ1n) is 8.40. The molecule has 1 fully saturated rings. The number of aryl methyl sites for hydroxylation is 1. The quantitative estimate of drug-likeness (QED) is 0.729. The van der Waals surface area contributed by atoms with Crippen LogP contribution in [0.15, 0.2) is 41.5 Å². The predicted molar refractivity (Wildman–Crippen MR) is 90.3 cm³/mol. The largest absolute Gasteiger partial charge is 0.448 e. The van der Waals surface area contributed by atoms with Gasteiger partial charge in [0.25, 0.3) is 5.91 Å². The average molecular weight is 340 g/mol. The molecule has 25 heavy (non-hydrogen) atoms. The molecule has 0 spiro atoms. The number of oxazole rings is 1. The molecule has 0 aromatic carbocycles. The van der Waals surface area contributed by atoms with Gasteiger partial charge in [0.15, 0.2) is 12.1 Å². The van der Waals surface area contributed by atoms with Gasteiger partial charge < -0.3 is 18.5 Å². The summed E-state index contributed by atoms with van der Waals surface area (Å²) in [6.07, 6.45) is 7.82. The lowest BCUT2D eigenvalue weighted by molar-refractivity contribution is 0.0730. The van der Waals surface area contributed by atoms with Crippen molar-refractivity contribution in [2.24, 2.45) is 5.92 Å². The van der Waals surface area contributed by atoms with Crippen molar-refractivity contribution in [2.45, 2.75) is 13.3 Å². The van der Waals surface area contributed by atoms with Gasteiger partial charge in [-0.05, 0) is 25.5 Å². The Labute approximate surface area is 145 Å². The van der Waals surface area contributed by atoms with E-state index in [1.807, 2.05) is 24.7 Å². The molecule has 1 amide bonds. The summed E-state index contributed by atoms with van der Waals surface area (Å²) in [5.41, 5.74) is 2.50. The summed E-state index contributed by atoms with van der Waals surface area (Å²) < 4.78 is 13.0. The van der Waals surface area contributed by atoms with Crippen LogP contribution in [0.3, 0.4) is 0 Å². The standard InChI is InChI=1S/C18H20N4O3/c1-13-17(20-12-25-13)18(23)22-7-8-24-11-14(10-22)9-15-16-3-2-5-21(16)6-4-19-15/h2-6,12,14H,7-11H2,1H3. The Hall–Kier alpha value is -2.67. The third-order valence-electron chi connectivity index (χ3n) is 4.59. The minimum absolute atomic E-state index is 0.101. The molecule has 1 saturated heterocycles. The summed E-state index contributed by atoms with van der Waals surface area (Å²) in [5.74, 6) is 0.634. The maximum Gasteiger partial charge on any atom is 0.276 e. The number of aromatic nitrogens is 3. The number of hydrogen-bond donors (Lipinski definition) is 0. The van der Waals surface area contributed by atoms with Crippen LogP contribution in [0, 0.1) is 12.8 Å². The Bertz CT molecular complexity index is 885. The molecule has 0 saturated carbocycles. The molecule has 7 nitrogen and oxygen atoms in total. The highest BCUT2D eigenvalue weighted by Gasteiger charge is 2.27. The molecule has 1 aliphatic heterocycles. The van der Waals surface area contributed by atoms with Gasteiger partial charge >= 0.3 is 0 Å². The topological polar surface area (TPSA) is 72.9 Å². The summed E-state index contributed by atoms with van der Waals surface area (Å²) in [5, 5.41) is 0. The monoisotopic (exact) mass is 340 g/mol. The second-order valence-corrected chi connectivity index (χ2v) is 6.33. The van der Waals surface area contributed by atoms with Gasteiger partial charge in [0.05, 0.1) is 24.4 Å². The van der Waals surface area contributed by atoms with Gasteiger partial charge in [0, 0.05) is 37.6 Å². The van der Waals surface area contributed by atoms with Crippen molar-refractivity contribution in [3.8, 4) is 0 Å². The van der Waals surface area contributed by atoms with E-state index in [0.717, 1.165) is 17.6 Å². The van der Waals surface area contributed by atoms with Crippen molar-refractivity contribution in [1.82, 2.24) is 19.3 Å².